The number of phenolic OH excluding ortho intramolecular Hbond substituents is 1. The van der Waals surface area contributed by atoms with E-state index in [1.165, 1.54) is 6.07 Å². The van der Waals surface area contributed by atoms with Gasteiger partial charge in [0.2, 0.25) is 0 Å². The number of piperazine rings is 1. The van der Waals surface area contributed by atoms with E-state index < -0.39 is 18.6 Å². The highest BCUT2D eigenvalue weighted by molar-refractivity contribution is 9.10. The number of hydrogen-bond donors (Lipinski definition) is 2. The van der Waals surface area contributed by atoms with Crippen LogP contribution >= 0.6 is 40.7 Å². The molecule has 0 amide bonds. The second kappa shape index (κ2) is 9.17. The number of nitrogens with one attached hydrogen (secondary N) is 1. The molecule has 0 aliphatic carbocycles. The Bertz CT molecular complexity index is 471. The molecular formula is C13H18BrCl2F3N2O. The average molecular weight is 426 g/mol. The fraction of sp³-hybridized carbons (Fsp3) is 0.538. The molecule has 1 aromatic carbocycles. The summed E-state index contributed by atoms with van der Waals surface area (Å²) in [6.45, 7) is 2.38. The molecule has 0 aromatic heterocycles. The minimum absolute atomic E-state index is 0. The SMILES string of the molecule is Cl.Cl.Oc1ccc(Br)cc1[C@H](CC(F)(F)F)N1CCNCC1. The lowest BCUT2D eigenvalue weighted by molar-refractivity contribution is -0.148. The van der Waals surface area contributed by atoms with Crippen molar-refractivity contribution in [1.82, 2.24) is 10.2 Å². The molecule has 1 aliphatic heterocycles. The van der Waals surface area contributed by atoms with Crippen molar-refractivity contribution in [1.29, 1.82) is 0 Å². The molecule has 0 radical (unpaired) electrons. The van der Waals surface area contributed by atoms with Crippen molar-refractivity contribution in [2.24, 2.45) is 0 Å². The number of halogens is 6. The average Bonchev–Trinajstić information content (AvgIpc) is 2.39. The Morgan fingerprint density at radius 1 is 1.23 bits per heavy atom. The van der Waals surface area contributed by atoms with Crippen LogP contribution in [0.4, 0.5) is 13.2 Å². The van der Waals surface area contributed by atoms with Crippen molar-refractivity contribution in [3.8, 4) is 5.75 Å². The van der Waals surface area contributed by atoms with Crippen LogP contribution < -0.4 is 5.32 Å². The second-order valence-corrected chi connectivity index (χ2v) is 5.74. The molecule has 22 heavy (non-hydrogen) atoms. The molecule has 1 fully saturated rings. The smallest absolute Gasteiger partial charge is 0.390 e. The van der Waals surface area contributed by atoms with E-state index in [4.69, 9.17) is 0 Å². The maximum Gasteiger partial charge on any atom is 0.390 e. The van der Waals surface area contributed by atoms with Gasteiger partial charge in [-0.3, -0.25) is 4.90 Å². The Balaban J connectivity index is 0.00000220. The van der Waals surface area contributed by atoms with Gasteiger partial charge in [0.1, 0.15) is 5.75 Å². The molecule has 3 nitrogen and oxygen atoms in total. The van der Waals surface area contributed by atoms with Gasteiger partial charge in [-0.2, -0.15) is 13.2 Å². The summed E-state index contributed by atoms with van der Waals surface area (Å²) in [5.74, 6) is -0.0963. The van der Waals surface area contributed by atoms with Crippen LogP contribution in [-0.4, -0.2) is 42.4 Å². The van der Waals surface area contributed by atoms with E-state index in [0.29, 0.717) is 36.2 Å². The first-order chi connectivity index (χ1) is 9.37. The summed E-state index contributed by atoms with van der Waals surface area (Å²) >= 11 is 3.25. The standard InChI is InChI=1S/C13H16BrF3N2O.2ClH/c14-9-1-2-12(20)10(7-9)11(8-13(15,16)17)19-5-3-18-4-6-19;;/h1-2,7,11,18,20H,3-6,8H2;2*1H/t11-;;/m0../s1. The number of alkyl halides is 3. The van der Waals surface area contributed by atoms with E-state index in [2.05, 4.69) is 21.2 Å². The Morgan fingerprint density at radius 3 is 2.36 bits per heavy atom. The minimum atomic E-state index is -4.27. The van der Waals surface area contributed by atoms with Crippen LogP contribution in [0.1, 0.15) is 18.0 Å². The molecule has 1 aromatic rings. The topological polar surface area (TPSA) is 35.5 Å². The van der Waals surface area contributed by atoms with Gasteiger partial charge in [-0.15, -0.1) is 24.8 Å². The van der Waals surface area contributed by atoms with Crippen molar-refractivity contribution in [3.05, 3.63) is 28.2 Å². The van der Waals surface area contributed by atoms with Gasteiger partial charge in [0.05, 0.1) is 6.42 Å². The van der Waals surface area contributed by atoms with Gasteiger partial charge in [-0.05, 0) is 18.2 Å². The zero-order valence-electron chi connectivity index (χ0n) is 11.6. The fourth-order valence-electron chi connectivity index (χ4n) is 2.44. The highest BCUT2D eigenvalue weighted by atomic mass is 79.9. The normalized spacial score (nSPS) is 17.3. The van der Waals surface area contributed by atoms with Crippen LogP contribution in [0.3, 0.4) is 0 Å². The van der Waals surface area contributed by atoms with E-state index in [0.717, 1.165) is 0 Å². The largest absolute Gasteiger partial charge is 0.508 e. The van der Waals surface area contributed by atoms with Gasteiger partial charge in [-0.25, -0.2) is 0 Å². The van der Waals surface area contributed by atoms with Crippen LogP contribution in [0.2, 0.25) is 0 Å². The molecule has 1 aliphatic rings. The molecule has 0 spiro atoms. The van der Waals surface area contributed by atoms with Gasteiger partial charge in [0.15, 0.2) is 0 Å². The number of rotatable bonds is 3. The minimum Gasteiger partial charge on any atom is -0.508 e. The van der Waals surface area contributed by atoms with Crippen molar-refractivity contribution in [3.63, 3.8) is 0 Å². The predicted octanol–water partition coefficient (Wildman–Crippen LogP) is 3.90. The second-order valence-electron chi connectivity index (χ2n) is 4.82. The van der Waals surface area contributed by atoms with E-state index in [9.17, 15) is 18.3 Å². The Labute approximate surface area is 148 Å². The summed E-state index contributed by atoms with van der Waals surface area (Å²) in [5.41, 5.74) is 0.318. The monoisotopic (exact) mass is 424 g/mol. The summed E-state index contributed by atoms with van der Waals surface area (Å²) in [6, 6.07) is 3.75. The lowest BCUT2D eigenvalue weighted by Crippen LogP contribution is -2.46. The molecule has 1 atom stereocenters. The predicted molar refractivity (Wildman–Crippen MR) is 88.2 cm³/mol. The van der Waals surface area contributed by atoms with Crippen LogP contribution in [-0.2, 0) is 0 Å². The zero-order chi connectivity index (χ0) is 14.8. The molecule has 1 heterocycles. The zero-order valence-corrected chi connectivity index (χ0v) is 14.8. The van der Waals surface area contributed by atoms with Crippen LogP contribution in [0.25, 0.3) is 0 Å². The summed E-state index contributed by atoms with van der Waals surface area (Å²) in [7, 11) is 0. The molecule has 0 bridgehead atoms. The van der Waals surface area contributed by atoms with E-state index in [1.54, 1.807) is 17.0 Å². The Hall–Kier alpha value is -0.210. The third kappa shape index (κ3) is 6.12. The maximum absolute atomic E-state index is 12.8. The first-order valence-electron chi connectivity index (χ1n) is 6.37. The number of benzene rings is 1. The van der Waals surface area contributed by atoms with E-state index in [1.807, 2.05) is 0 Å². The van der Waals surface area contributed by atoms with Gasteiger partial charge in [-0.1, -0.05) is 15.9 Å². The third-order valence-electron chi connectivity index (χ3n) is 3.37. The summed E-state index contributed by atoms with van der Waals surface area (Å²) in [6.07, 6.45) is -5.23. The first kappa shape index (κ1) is 21.8. The number of nitrogens with zero attached hydrogens (tertiary/aromatic N) is 1. The highest BCUT2D eigenvalue weighted by Crippen LogP contribution is 2.38. The molecule has 9 heteroatoms. The lowest BCUT2D eigenvalue weighted by Gasteiger charge is -2.36. The van der Waals surface area contributed by atoms with Crippen LogP contribution in [0.5, 0.6) is 5.75 Å². The summed E-state index contributed by atoms with van der Waals surface area (Å²) in [5, 5.41) is 13.0. The molecule has 1 saturated heterocycles. The van der Waals surface area contributed by atoms with Gasteiger partial charge in [0.25, 0.3) is 0 Å². The molecule has 2 N–H and O–H groups in total. The number of phenols is 1. The van der Waals surface area contributed by atoms with Crippen molar-refractivity contribution in [2.75, 3.05) is 26.2 Å². The van der Waals surface area contributed by atoms with Crippen molar-refractivity contribution >= 4 is 40.7 Å². The molecular weight excluding hydrogens is 408 g/mol. The quantitative estimate of drug-likeness (QED) is 0.770. The van der Waals surface area contributed by atoms with Crippen molar-refractivity contribution < 1.29 is 18.3 Å². The molecule has 0 unspecified atom stereocenters. The van der Waals surface area contributed by atoms with Crippen molar-refractivity contribution in [2.45, 2.75) is 18.6 Å². The lowest BCUT2D eigenvalue weighted by atomic mass is 10.00. The molecule has 0 saturated carbocycles. The Morgan fingerprint density at radius 2 is 1.82 bits per heavy atom. The third-order valence-corrected chi connectivity index (χ3v) is 3.86. The fourth-order valence-corrected chi connectivity index (χ4v) is 2.82. The molecule has 2 rings (SSSR count). The van der Waals surface area contributed by atoms with E-state index in [-0.39, 0.29) is 30.6 Å². The highest BCUT2D eigenvalue weighted by Gasteiger charge is 2.37. The molecule has 128 valence electrons. The maximum atomic E-state index is 12.8. The number of aromatic hydroxyl groups is 1. The Kier molecular flexibility index (Phi) is 9.09. The van der Waals surface area contributed by atoms with Gasteiger partial charge < -0.3 is 10.4 Å². The van der Waals surface area contributed by atoms with Gasteiger partial charge in [0, 0.05) is 42.3 Å². The summed E-state index contributed by atoms with van der Waals surface area (Å²) in [4.78, 5) is 1.77. The van der Waals surface area contributed by atoms with E-state index >= 15 is 0 Å². The first-order valence-corrected chi connectivity index (χ1v) is 7.16. The van der Waals surface area contributed by atoms with Crippen LogP contribution in [0.15, 0.2) is 22.7 Å². The van der Waals surface area contributed by atoms with Gasteiger partial charge >= 0.3 is 6.18 Å². The number of hydrogen-bond acceptors (Lipinski definition) is 3. The van der Waals surface area contributed by atoms with Crippen LogP contribution in [0, 0.1) is 0 Å². The summed E-state index contributed by atoms with van der Waals surface area (Å²) < 4.78 is 39.2.